The molecule has 0 aliphatic rings. The molecule has 1 unspecified atom stereocenters. The predicted molar refractivity (Wildman–Crippen MR) is 56.3 cm³/mol. The Morgan fingerprint density at radius 2 is 2.43 bits per heavy atom. The van der Waals surface area contributed by atoms with E-state index in [0.29, 0.717) is 12.6 Å². The van der Waals surface area contributed by atoms with Crippen LogP contribution in [0.25, 0.3) is 0 Å². The molecule has 0 saturated carbocycles. The zero-order valence-electron chi connectivity index (χ0n) is 8.73. The van der Waals surface area contributed by atoms with E-state index in [0.717, 1.165) is 13.0 Å². The summed E-state index contributed by atoms with van der Waals surface area (Å²) >= 11 is 0. The molecule has 0 aromatic carbocycles. The molecule has 1 atom stereocenters. The van der Waals surface area contributed by atoms with Gasteiger partial charge in [0.25, 0.3) is 0 Å². The molecule has 0 spiro atoms. The van der Waals surface area contributed by atoms with Gasteiger partial charge in [-0.1, -0.05) is 6.92 Å². The standard InChI is InChI=1S/C10H17N3O/c1-3-5-11-9(2)8-13-7-4-6-12-10(13)14/h4,6-7,9,11H,3,5,8H2,1-2H3. The Morgan fingerprint density at radius 1 is 1.64 bits per heavy atom. The second kappa shape index (κ2) is 5.54. The van der Waals surface area contributed by atoms with Crippen molar-refractivity contribution in [1.82, 2.24) is 14.9 Å². The first-order valence-corrected chi connectivity index (χ1v) is 4.99. The smallest absolute Gasteiger partial charge is 0.312 e. The van der Waals surface area contributed by atoms with Crippen LogP contribution >= 0.6 is 0 Å². The molecular formula is C10H17N3O. The summed E-state index contributed by atoms with van der Waals surface area (Å²) in [4.78, 5) is 14.9. The monoisotopic (exact) mass is 195 g/mol. The molecule has 1 N–H and O–H groups in total. The van der Waals surface area contributed by atoms with Gasteiger partial charge in [-0.15, -0.1) is 0 Å². The Hall–Kier alpha value is -1.16. The number of nitrogens with one attached hydrogen (secondary N) is 1. The Labute approximate surface area is 84.0 Å². The van der Waals surface area contributed by atoms with E-state index in [1.54, 1.807) is 16.8 Å². The van der Waals surface area contributed by atoms with E-state index >= 15 is 0 Å². The molecule has 0 radical (unpaired) electrons. The first-order valence-electron chi connectivity index (χ1n) is 4.99. The highest BCUT2D eigenvalue weighted by Crippen LogP contribution is 1.87. The van der Waals surface area contributed by atoms with E-state index in [-0.39, 0.29) is 5.69 Å². The van der Waals surface area contributed by atoms with Crippen LogP contribution in [0.4, 0.5) is 0 Å². The average molecular weight is 195 g/mol. The van der Waals surface area contributed by atoms with Gasteiger partial charge >= 0.3 is 5.69 Å². The molecule has 0 amide bonds. The van der Waals surface area contributed by atoms with Crippen LogP contribution in [0, 0.1) is 0 Å². The van der Waals surface area contributed by atoms with E-state index in [1.165, 1.54) is 6.20 Å². The summed E-state index contributed by atoms with van der Waals surface area (Å²) in [5.74, 6) is 0. The number of aromatic nitrogens is 2. The third kappa shape index (κ3) is 3.30. The molecule has 4 heteroatoms. The van der Waals surface area contributed by atoms with Gasteiger partial charge in [0.15, 0.2) is 0 Å². The fourth-order valence-electron chi connectivity index (χ4n) is 1.28. The molecule has 78 valence electrons. The molecule has 1 aromatic heterocycles. The summed E-state index contributed by atoms with van der Waals surface area (Å²) in [5, 5.41) is 3.32. The average Bonchev–Trinajstić information content (AvgIpc) is 2.18. The van der Waals surface area contributed by atoms with Crippen molar-refractivity contribution in [1.29, 1.82) is 0 Å². The van der Waals surface area contributed by atoms with E-state index in [1.807, 2.05) is 0 Å². The molecule has 14 heavy (non-hydrogen) atoms. The summed E-state index contributed by atoms with van der Waals surface area (Å²) < 4.78 is 1.62. The lowest BCUT2D eigenvalue weighted by Gasteiger charge is -2.13. The second-order valence-electron chi connectivity index (χ2n) is 3.41. The van der Waals surface area contributed by atoms with Crippen LogP contribution in [-0.4, -0.2) is 22.1 Å². The van der Waals surface area contributed by atoms with Gasteiger partial charge in [0.1, 0.15) is 0 Å². The molecule has 0 bridgehead atoms. The molecule has 0 fully saturated rings. The Balaban J connectivity index is 2.52. The van der Waals surface area contributed by atoms with Crippen molar-refractivity contribution >= 4 is 0 Å². The molecule has 0 aliphatic carbocycles. The zero-order chi connectivity index (χ0) is 10.4. The van der Waals surface area contributed by atoms with Crippen LogP contribution in [0.15, 0.2) is 23.3 Å². The van der Waals surface area contributed by atoms with E-state index in [4.69, 9.17) is 0 Å². The lowest BCUT2D eigenvalue weighted by molar-refractivity contribution is 0.465. The first-order chi connectivity index (χ1) is 6.74. The summed E-state index contributed by atoms with van der Waals surface area (Å²) in [5.41, 5.74) is -0.183. The van der Waals surface area contributed by atoms with Gasteiger partial charge in [-0.3, -0.25) is 4.57 Å². The van der Waals surface area contributed by atoms with Crippen molar-refractivity contribution in [3.63, 3.8) is 0 Å². The van der Waals surface area contributed by atoms with Gasteiger partial charge in [-0.25, -0.2) is 9.78 Å². The largest absolute Gasteiger partial charge is 0.347 e. The maximum Gasteiger partial charge on any atom is 0.347 e. The fraction of sp³-hybridized carbons (Fsp3) is 0.600. The highest BCUT2D eigenvalue weighted by molar-refractivity contribution is 4.82. The van der Waals surface area contributed by atoms with Gasteiger partial charge in [-0.05, 0) is 26.0 Å². The lowest BCUT2D eigenvalue weighted by atomic mass is 10.3. The van der Waals surface area contributed by atoms with E-state index < -0.39 is 0 Å². The molecule has 4 nitrogen and oxygen atoms in total. The molecule has 0 saturated heterocycles. The maximum absolute atomic E-state index is 11.3. The molecular weight excluding hydrogens is 178 g/mol. The topological polar surface area (TPSA) is 46.9 Å². The number of hydrogen-bond acceptors (Lipinski definition) is 3. The summed E-state index contributed by atoms with van der Waals surface area (Å²) in [6.07, 6.45) is 4.38. The van der Waals surface area contributed by atoms with E-state index in [2.05, 4.69) is 24.1 Å². The van der Waals surface area contributed by atoms with Gasteiger partial charge < -0.3 is 5.32 Å². The van der Waals surface area contributed by atoms with Crippen LogP contribution in [0.5, 0.6) is 0 Å². The SMILES string of the molecule is CCCNC(C)Cn1cccnc1=O. The quantitative estimate of drug-likeness (QED) is 0.749. The molecule has 1 rings (SSSR count). The minimum Gasteiger partial charge on any atom is -0.312 e. The highest BCUT2D eigenvalue weighted by atomic mass is 16.1. The minimum atomic E-state index is -0.183. The Kier molecular flexibility index (Phi) is 4.32. The normalized spacial score (nSPS) is 12.7. The van der Waals surface area contributed by atoms with Crippen LogP contribution in [0.2, 0.25) is 0 Å². The van der Waals surface area contributed by atoms with Gasteiger partial charge in [0.2, 0.25) is 0 Å². The zero-order valence-corrected chi connectivity index (χ0v) is 8.73. The summed E-state index contributed by atoms with van der Waals surface area (Å²) in [7, 11) is 0. The van der Waals surface area contributed by atoms with E-state index in [9.17, 15) is 4.79 Å². The predicted octanol–water partition coefficient (Wildman–Crippen LogP) is 0.631. The summed E-state index contributed by atoms with van der Waals surface area (Å²) in [6.45, 7) is 5.84. The van der Waals surface area contributed by atoms with Crippen molar-refractivity contribution in [2.45, 2.75) is 32.9 Å². The van der Waals surface area contributed by atoms with Crippen LogP contribution < -0.4 is 11.0 Å². The van der Waals surface area contributed by atoms with Crippen molar-refractivity contribution in [2.24, 2.45) is 0 Å². The van der Waals surface area contributed by atoms with Crippen molar-refractivity contribution in [3.8, 4) is 0 Å². The third-order valence-corrected chi connectivity index (χ3v) is 2.00. The fourth-order valence-corrected chi connectivity index (χ4v) is 1.28. The van der Waals surface area contributed by atoms with Gasteiger partial charge in [0, 0.05) is 25.0 Å². The molecule has 1 heterocycles. The minimum absolute atomic E-state index is 0.183. The highest BCUT2D eigenvalue weighted by Gasteiger charge is 2.02. The van der Waals surface area contributed by atoms with Crippen molar-refractivity contribution in [2.75, 3.05) is 6.54 Å². The molecule has 0 aliphatic heterocycles. The third-order valence-electron chi connectivity index (χ3n) is 2.00. The lowest BCUT2D eigenvalue weighted by Crippen LogP contribution is -2.35. The molecule has 1 aromatic rings. The Morgan fingerprint density at radius 3 is 3.07 bits per heavy atom. The van der Waals surface area contributed by atoms with Gasteiger partial charge in [-0.2, -0.15) is 0 Å². The Bertz CT molecular complexity index is 321. The van der Waals surface area contributed by atoms with Crippen LogP contribution in [-0.2, 0) is 6.54 Å². The van der Waals surface area contributed by atoms with Crippen molar-refractivity contribution in [3.05, 3.63) is 28.9 Å². The number of nitrogens with zero attached hydrogens (tertiary/aromatic N) is 2. The second-order valence-corrected chi connectivity index (χ2v) is 3.41. The van der Waals surface area contributed by atoms with Gasteiger partial charge in [0.05, 0.1) is 0 Å². The maximum atomic E-state index is 11.3. The summed E-state index contributed by atoms with van der Waals surface area (Å²) in [6, 6.07) is 2.07. The van der Waals surface area contributed by atoms with Crippen molar-refractivity contribution < 1.29 is 0 Å². The van der Waals surface area contributed by atoms with Crippen LogP contribution in [0.1, 0.15) is 20.3 Å². The van der Waals surface area contributed by atoms with Crippen LogP contribution in [0.3, 0.4) is 0 Å². The number of hydrogen-bond donors (Lipinski definition) is 1. The number of rotatable bonds is 5. The first kappa shape index (κ1) is 10.9.